The van der Waals surface area contributed by atoms with Crippen LogP contribution >= 0.6 is 0 Å². The van der Waals surface area contributed by atoms with Gasteiger partial charge in [-0.3, -0.25) is 9.78 Å². The molecular weight excluding hydrogens is 731 g/mol. The number of ketones is 1. The summed E-state index contributed by atoms with van der Waals surface area (Å²) in [7, 11) is 0. The number of allylic oxidation sites excluding steroid dienone is 2. The summed E-state index contributed by atoms with van der Waals surface area (Å²) in [4.78, 5) is 16.6. The Labute approximate surface area is 280 Å². The molecule has 4 heteroatoms. The first-order chi connectivity index (χ1) is 21.0. The number of aryl methyl sites for hydroxylation is 1. The zero-order chi connectivity index (χ0) is 31.6. The maximum absolute atomic E-state index is 11.8. The Morgan fingerprint density at radius 2 is 1.33 bits per heavy atom. The van der Waals surface area contributed by atoms with Crippen molar-refractivity contribution in [3.63, 3.8) is 0 Å². The predicted molar refractivity (Wildman–Crippen MR) is 187 cm³/mol. The van der Waals surface area contributed by atoms with E-state index < -0.39 is 0 Å². The molecule has 3 nitrogen and oxygen atoms in total. The minimum absolute atomic E-state index is 0. The van der Waals surface area contributed by atoms with Crippen molar-refractivity contribution in [3.8, 4) is 11.3 Å². The molecule has 0 amide bonds. The molecule has 0 aliphatic rings. The number of rotatable bonds is 6. The number of carbonyl (C=O) groups is 1. The van der Waals surface area contributed by atoms with Crippen LogP contribution in [-0.2, 0) is 24.9 Å². The quantitative estimate of drug-likeness (QED) is 0.0794. The first-order valence-corrected chi connectivity index (χ1v) is 15.5. The number of nitrogens with zero attached hydrogens (tertiary/aromatic N) is 1. The first-order valence-electron chi connectivity index (χ1n) is 15.5. The van der Waals surface area contributed by atoms with Gasteiger partial charge in [0.05, 0.1) is 0 Å². The minimum Gasteiger partial charge on any atom is -0.512 e. The van der Waals surface area contributed by atoms with Gasteiger partial charge in [-0.05, 0) is 51.2 Å². The SMILES string of the molecule is CCC(C)(C)C(=O)/C=C(\O)C(C)(C)CC.Cc1cc(-c2nccc3c2ccc2c4ccccc4ccc32)[c-]c2ccccc12.[Ir]. The van der Waals surface area contributed by atoms with Crippen LogP contribution in [0.4, 0.5) is 0 Å². The third kappa shape index (κ3) is 6.88. The molecule has 0 bridgehead atoms. The number of hydrogen-bond donors (Lipinski definition) is 1. The molecule has 45 heavy (non-hydrogen) atoms. The summed E-state index contributed by atoms with van der Waals surface area (Å²) in [5.74, 6) is 0.195. The van der Waals surface area contributed by atoms with Gasteiger partial charge in [0.1, 0.15) is 5.76 Å². The zero-order valence-corrected chi connectivity index (χ0v) is 29.7. The third-order valence-electron chi connectivity index (χ3n) is 9.30. The van der Waals surface area contributed by atoms with Crippen LogP contribution in [0.1, 0.15) is 59.9 Å². The van der Waals surface area contributed by atoms with Gasteiger partial charge in [-0.25, -0.2) is 0 Å². The molecule has 0 aliphatic carbocycles. The number of aliphatic hydroxyl groups is 1. The van der Waals surface area contributed by atoms with Crippen LogP contribution in [-0.4, -0.2) is 15.9 Å². The molecule has 0 aliphatic heterocycles. The fraction of sp³-hybridized carbons (Fsp3) is 0.268. The molecule has 1 aromatic heterocycles. The number of carbonyl (C=O) groups excluding carboxylic acids is 1. The molecule has 1 heterocycles. The second-order valence-electron chi connectivity index (χ2n) is 13.0. The van der Waals surface area contributed by atoms with Crippen molar-refractivity contribution >= 4 is 48.9 Å². The van der Waals surface area contributed by atoms with Gasteiger partial charge >= 0.3 is 0 Å². The predicted octanol–water partition coefficient (Wildman–Crippen LogP) is 11.3. The molecular formula is C41H42IrNO2-. The van der Waals surface area contributed by atoms with Crippen molar-refractivity contribution in [2.75, 3.05) is 0 Å². The van der Waals surface area contributed by atoms with E-state index in [0.29, 0.717) is 0 Å². The van der Waals surface area contributed by atoms with Crippen LogP contribution in [0.2, 0.25) is 0 Å². The molecule has 0 saturated heterocycles. The van der Waals surface area contributed by atoms with E-state index in [-0.39, 0.29) is 42.5 Å². The van der Waals surface area contributed by atoms with Gasteiger partial charge in [-0.15, -0.1) is 29.1 Å². The van der Waals surface area contributed by atoms with Crippen LogP contribution in [0.25, 0.3) is 54.3 Å². The summed E-state index contributed by atoms with van der Waals surface area (Å²) in [6, 6.07) is 33.8. The first kappa shape index (κ1) is 34.0. The summed E-state index contributed by atoms with van der Waals surface area (Å²) in [6.07, 6.45) is 4.91. The van der Waals surface area contributed by atoms with Crippen LogP contribution in [0.15, 0.2) is 103 Å². The number of pyridine rings is 1. The largest absolute Gasteiger partial charge is 0.512 e. The average Bonchev–Trinajstić information content (AvgIpc) is 3.04. The third-order valence-corrected chi connectivity index (χ3v) is 9.30. The molecule has 233 valence electrons. The Morgan fingerprint density at radius 1 is 0.756 bits per heavy atom. The number of aromatic nitrogens is 1. The van der Waals surface area contributed by atoms with E-state index in [1.165, 1.54) is 49.3 Å². The molecule has 6 aromatic rings. The van der Waals surface area contributed by atoms with Gasteiger partial charge < -0.3 is 5.11 Å². The van der Waals surface area contributed by atoms with E-state index in [1.54, 1.807) is 0 Å². The van der Waals surface area contributed by atoms with Gasteiger partial charge in [0.2, 0.25) is 0 Å². The van der Waals surface area contributed by atoms with E-state index in [1.807, 2.05) is 47.7 Å². The normalized spacial score (nSPS) is 12.2. The molecule has 0 saturated carbocycles. The van der Waals surface area contributed by atoms with Gasteiger partial charge in [0.15, 0.2) is 5.78 Å². The van der Waals surface area contributed by atoms with E-state index in [4.69, 9.17) is 4.98 Å². The van der Waals surface area contributed by atoms with E-state index >= 15 is 0 Å². The van der Waals surface area contributed by atoms with Crippen LogP contribution in [0, 0.1) is 23.8 Å². The van der Waals surface area contributed by atoms with E-state index in [0.717, 1.165) is 29.5 Å². The molecule has 6 rings (SSSR count). The molecule has 1 N–H and O–H groups in total. The van der Waals surface area contributed by atoms with Crippen LogP contribution in [0.3, 0.4) is 0 Å². The average molecular weight is 773 g/mol. The Bertz CT molecular complexity index is 2040. The smallest absolute Gasteiger partial charge is 0.164 e. The van der Waals surface area contributed by atoms with E-state index in [2.05, 4.69) is 97.9 Å². The Balaban J connectivity index is 0.000000249. The van der Waals surface area contributed by atoms with Gasteiger partial charge in [0, 0.05) is 48.9 Å². The summed E-state index contributed by atoms with van der Waals surface area (Å²) in [5, 5.41) is 19.7. The number of hydrogen-bond acceptors (Lipinski definition) is 3. The van der Waals surface area contributed by atoms with Crippen molar-refractivity contribution in [1.82, 2.24) is 4.98 Å². The van der Waals surface area contributed by atoms with Crippen molar-refractivity contribution in [1.29, 1.82) is 0 Å². The topological polar surface area (TPSA) is 50.2 Å². The van der Waals surface area contributed by atoms with Gasteiger partial charge in [-0.2, -0.15) is 0 Å². The Morgan fingerprint density at radius 3 is 2.04 bits per heavy atom. The Kier molecular flexibility index (Phi) is 10.3. The van der Waals surface area contributed by atoms with Crippen molar-refractivity contribution in [2.24, 2.45) is 10.8 Å². The number of fused-ring (bicyclic) bond motifs is 6. The zero-order valence-electron chi connectivity index (χ0n) is 27.3. The summed E-state index contributed by atoms with van der Waals surface area (Å²) in [6.45, 7) is 13.8. The van der Waals surface area contributed by atoms with Crippen LogP contribution < -0.4 is 0 Å². The van der Waals surface area contributed by atoms with Crippen molar-refractivity contribution < 1.29 is 30.0 Å². The maximum atomic E-state index is 11.8. The van der Waals surface area contributed by atoms with Crippen molar-refractivity contribution in [3.05, 3.63) is 115 Å². The minimum atomic E-state index is -0.377. The molecule has 0 unspecified atom stereocenters. The summed E-state index contributed by atoms with van der Waals surface area (Å²) >= 11 is 0. The van der Waals surface area contributed by atoms with E-state index in [9.17, 15) is 9.90 Å². The second kappa shape index (κ2) is 13.6. The second-order valence-corrected chi connectivity index (χ2v) is 13.0. The standard InChI is InChI=1S/C28H18N.C13H24O2.Ir/c1-18-16-21(17-20-7-3-4-8-22(18)20)28-27-13-12-24-23-9-5-2-6-19(23)10-11-25(24)26(27)14-15-29-28;1-7-12(3,4)10(14)9-11(15)13(5,6)8-2;/h2-16H,1H3;9,14H,7-8H2,1-6H3;/q-1;;/b;10-9-;. The molecule has 5 aromatic carbocycles. The van der Waals surface area contributed by atoms with Crippen LogP contribution in [0.5, 0.6) is 0 Å². The van der Waals surface area contributed by atoms with Gasteiger partial charge in [0.25, 0.3) is 0 Å². The monoisotopic (exact) mass is 773 g/mol. The summed E-state index contributed by atoms with van der Waals surface area (Å²) < 4.78 is 0. The molecule has 0 atom stereocenters. The van der Waals surface area contributed by atoms with Crippen molar-refractivity contribution in [2.45, 2.75) is 61.3 Å². The number of benzene rings is 5. The Hall–Kier alpha value is -3.85. The molecule has 0 fully saturated rings. The molecule has 1 radical (unpaired) electrons. The number of aliphatic hydroxyl groups excluding tert-OH is 1. The van der Waals surface area contributed by atoms with Gasteiger partial charge in [-0.1, -0.05) is 126 Å². The molecule has 0 spiro atoms. The maximum Gasteiger partial charge on any atom is 0.164 e. The fourth-order valence-electron chi connectivity index (χ4n) is 5.38. The summed E-state index contributed by atoms with van der Waals surface area (Å²) in [5.41, 5.74) is 2.61. The fourth-order valence-corrected chi connectivity index (χ4v) is 5.38.